The summed E-state index contributed by atoms with van der Waals surface area (Å²) in [7, 11) is 1.72. The van der Waals surface area contributed by atoms with Gasteiger partial charge in [-0.15, -0.1) is 6.58 Å². The van der Waals surface area contributed by atoms with E-state index in [1.807, 2.05) is 13.0 Å². The molecule has 0 aromatic heterocycles. The standard InChI is InChI=1S/C8H16O/c1-6-8(3,4)7(2)9-5/h6-7H,1H2,2-5H3/t7-/m1/s1. The molecule has 0 aromatic rings. The summed E-state index contributed by atoms with van der Waals surface area (Å²) in [5, 5.41) is 0. The molecule has 54 valence electrons. The molecule has 1 nitrogen and oxygen atoms in total. The minimum atomic E-state index is 0.0920. The fourth-order valence-corrected chi connectivity index (χ4v) is 0.470. The maximum absolute atomic E-state index is 5.13. The molecule has 0 aliphatic rings. The van der Waals surface area contributed by atoms with Gasteiger partial charge in [0.05, 0.1) is 6.10 Å². The Balaban J connectivity index is 3.95. The molecule has 0 aliphatic carbocycles. The van der Waals surface area contributed by atoms with Crippen molar-refractivity contribution in [2.45, 2.75) is 26.9 Å². The van der Waals surface area contributed by atoms with Gasteiger partial charge in [0.1, 0.15) is 0 Å². The van der Waals surface area contributed by atoms with Gasteiger partial charge in [0, 0.05) is 12.5 Å². The zero-order chi connectivity index (χ0) is 7.49. The van der Waals surface area contributed by atoms with Gasteiger partial charge in [0.2, 0.25) is 0 Å². The molecule has 0 unspecified atom stereocenters. The first-order valence-electron chi connectivity index (χ1n) is 3.21. The van der Waals surface area contributed by atoms with Crippen LogP contribution in [0, 0.1) is 5.41 Å². The van der Waals surface area contributed by atoms with Crippen molar-refractivity contribution in [2.75, 3.05) is 7.11 Å². The summed E-state index contributed by atoms with van der Waals surface area (Å²) in [5.74, 6) is 0. The lowest BCUT2D eigenvalue weighted by Gasteiger charge is -2.26. The number of hydrogen-bond acceptors (Lipinski definition) is 1. The van der Waals surface area contributed by atoms with Crippen LogP contribution in [-0.4, -0.2) is 13.2 Å². The highest BCUT2D eigenvalue weighted by atomic mass is 16.5. The average molecular weight is 128 g/mol. The van der Waals surface area contributed by atoms with Gasteiger partial charge in [0.25, 0.3) is 0 Å². The van der Waals surface area contributed by atoms with E-state index in [0.717, 1.165) is 0 Å². The molecule has 0 saturated heterocycles. The molecule has 9 heavy (non-hydrogen) atoms. The SMILES string of the molecule is C=CC(C)(C)[C@@H](C)OC. The van der Waals surface area contributed by atoms with Crippen molar-refractivity contribution in [2.24, 2.45) is 5.41 Å². The minimum Gasteiger partial charge on any atom is -0.381 e. The van der Waals surface area contributed by atoms with Crippen LogP contribution in [0.15, 0.2) is 12.7 Å². The van der Waals surface area contributed by atoms with Crippen LogP contribution in [-0.2, 0) is 4.74 Å². The lowest BCUT2D eigenvalue weighted by Crippen LogP contribution is -2.25. The maximum Gasteiger partial charge on any atom is 0.0628 e. The van der Waals surface area contributed by atoms with Crippen LogP contribution in [0.2, 0.25) is 0 Å². The molecule has 0 radical (unpaired) electrons. The number of methoxy groups -OCH3 is 1. The molecule has 0 rings (SSSR count). The molecule has 1 atom stereocenters. The summed E-state index contributed by atoms with van der Waals surface area (Å²) < 4.78 is 5.13. The lowest BCUT2D eigenvalue weighted by molar-refractivity contribution is 0.0465. The van der Waals surface area contributed by atoms with Crippen molar-refractivity contribution < 1.29 is 4.74 Å². The topological polar surface area (TPSA) is 9.23 Å². The van der Waals surface area contributed by atoms with Gasteiger partial charge in [-0.2, -0.15) is 0 Å². The van der Waals surface area contributed by atoms with Gasteiger partial charge >= 0.3 is 0 Å². The second-order valence-corrected chi connectivity index (χ2v) is 2.90. The van der Waals surface area contributed by atoms with E-state index < -0.39 is 0 Å². The zero-order valence-corrected chi connectivity index (χ0v) is 6.77. The Morgan fingerprint density at radius 1 is 1.56 bits per heavy atom. The van der Waals surface area contributed by atoms with Crippen molar-refractivity contribution in [1.29, 1.82) is 0 Å². The summed E-state index contributed by atoms with van der Waals surface area (Å²) in [6.07, 6.45) is 2.16. The highest BCUT2D eigenvalue weighted by Crippen LogP contribution is 2.22. The second-order valence-electron chi connectivity index (χ2n) is 2.90. The molecule has 0 aliphatic heterocycles. The Bertz CT molecular complexity index is 94.7. The highest BCUT2D eigenvalue weighted by molar-refractivity contribution is 4.91. The molecular formula is C8H16O. The first-order chi connectivity index (χ1) is 4.04. The average Bonchev–Trinajstić information content (AvgIpc) is 1.86. The van der Waals surface area contributed by atoms with E-state index in [2.05, 4.69) is 20.4 Å². The summed E-state index contributed by atoms with van der Waals surface area (Å²) in [6, 6.07) is 0. The van der Waals surface area contributed by atoms with E-state index in [1.54, 1.807) is 7.11 Å². The quantitative estimate of drug-likeness (QED) is 0.530. The molecule has 0 heterocycles. The molecule has 1 heteroatoms. The summed E-state index contributed by atoms with van der Waals surface area (Å²) in [5.41, 5.74) is 0.0920. The van der Waals surface area contributed by atoms with Crippen molar-refractivity contribution >= 4 is 0 Å². The van der Waals surface area contributed by atoms with Crippen LogP contribution in [0.4, 0.5) is 0 Å². The van der Waals surface area contributed by atoms with Gasteiger partial charge in [-0.1, -0.05) is 19.9 Å². The van der Waals surface area contributed by atoms with E-state index in [9.17, 15) is 0 Å². The van der Waals surface area contributed by atoms with Gasteiger partial charge in [0.15, 0.2) is 0 Å². The van der Waals surface area contributed by atoms with Crippen LogP contribution < -0.4 is 0 Å². The Labute approximate surface area is 57.7 Å². The molecule has 0 bridgehead atoms. The van der Waals surface area contributed by atoms with Crippen LogP contribution in [0.1, 0.15) is 20.8 Å². The van der Waals surface area contributed by atoms with Gasteiger partial charge in [-0.05, 0) is 6.92 Å². The van der Waals surface area contributed by atoms with Gasteiger partial charge in [-0.25, -0.2) is 0 Å². The highest BCUT2D eigenvalue weighted by Gasteiger charge is 2.20. The predicted octanol–water partition coefficient (Wildman–Crippen LogP) is 2.23. The normalized spacial score (nSPS) is 15.1. The fraction of sp³-hybridized carbons (Fsp3) is 0.750. The van der Waals surface area contributed by atoms with E-state index in [1.165, 1.54) is 0 Å². The van der Waals surface area contributed by atoms with Crippen molar-refractivity contribution in [3.63, 3.8) is 0 Å². The Hall–Kier alpha value is -0.300. The van der Waals surface area contributed by atoms with Crippen LogP contribution in [0.25, 0.3) is 0 Å². The summed E-state index contributed by atoms with van der Waals surface area (Å²) in [6.45, 7) is 9.98. The first-order valence-corrected chi connectivity index (χ1v) is 3.21. The third-order valence-corrected chi connectivity index (χ3v) is 1.93. The van der Waals surface area contributed by atoms with Crippen molar-refractivity contribution in [1.82, 2.24) is 0 Å². The number of hydrogen-bond donors (Lipinski definition) is 0. The number of rotatable bonds is 3. The van der Waals surface area contributed by atoms with Gasteiger partial charge < -0.3 is 4.74 Å². The Morgan fingerprint density at radius 2 is 2.00 bits per heavy atom. The molecular weight excluding hydrogens is 112 g/mol. The summed E-state index contributed by atoms with van der Waals surface area (Å²) in [4.78, 5) is 0. The molecule has 0 amide bonds. The van der Waals surface area contributed by atoms with Crippen molar-refractivity contribution in [3.8, 4) is 0 Å². The summed E-state index contributed by atoms with van der Waals surface area (Å²) >= 11 is 0. The number of ether oxygens (including phenoxy) is 1. The largest absolute Gasteiger partial charge is 0.381 e. The molecule has 0 saturated carbocycles. The predicted molar refractivity (Wildman–Crippen MR) is 40.4 cm³/mol. The zero-order valence-electron chi connectivity index (χ0n) is 6.77. The monoisotopic (exact) mass is 128 g/mol. The molecule has 0 fully saturated rings. The minimum absolute atomic E-state index is 0.0920. The molecule has 0 aromatic carbocycles. The van der Waals surface area contributed by atoms with Crippen LogP contribution >= 0.6 is 0 Å². The third kappa shape index (κ3) is 2.19. The van der Waals surface area contributed by atoms with E-state index in [0.29, 0.717) is 0 Å². The smallest absolute Gasteiger partial charge is 0.0628 e. The van der Waals surface area contributed by atoms with E-state index >= 15 is 0 Å². The molecule has 0 N–H and O–H groups in total. The van der Waals surface area contributed by atoms with Gasteiger partial charge in [-0.3, -0.25) is 0 Å². The maximum atomic E-state index is 5.13. The first kappa shape index (κ1) is 8.70. The van der Waals surface area contributed by atoms with E-state index in [4.69, 9.17) is 4.74 Å². The van der Waals surface area contributed by atoms with Crippen LogP contribution in [0.3, 0.4) is 0 Å². The van der Waals surface area contributed by atoms with Crippen LogP contribution in [0.5, 0.6) is 0 Å². The third-order valence-electron chi connectivity index (χ3n) is 1.93. The van der Waals surface area contributed by atoms with E-state index in [-0.39, 0.29) is 11.5 Å². The Morgan fingerprint density at radius 3 is 2.11 bits per heavy atom. The molecule has 0 spiro atoms. The second kappa shape index (κ2) is 3.02. The van der Waals surface area contributed by atoms with Crippen molar-refractivity contribution in [3.05, 3.63) is 12.7 Å². The lowest BCUT2D eigenvalue weighted by atomic mass is 9.88. The Kier molecular flexibility index (Phi) is 2.92. The fourth-order valence-electron chi connectivity index (χ4n) is 0.470.